The Bertz CT molecular complexity index is 1140. The van der Waals surface area contributed by atoms with E-state index in [1.54, 1.807) is 7.11 Å². The first-order valence-electron chi connectivity index (χ1n) is 12.8. The molecule has 1 saturated heterocycles. The van der Waals surface area contributed by atoms with Gasteiger partial charge in [0.25, 0.3) is 0 Å². The van der Waals surface area contributed by atoms with E-state index in [-0.39, 0.29) is 0 Å². The molecule has 1 N–H and O–H groups in total. The van der Waals surface area contributed by atoms with E-state index < -0.39 is 5.60 Å². The molecular formula is C29H39N3O4. The summed E-state index contributed by atoms with van der Waals surface area (Å²) in [6, 6.07) is 12.3. The third-order valence-electron chi connectivity index (χ3n) is 6.80. The zero-order chi connectivity index (χ0) is 25.5. The van der Waals surface area contributed by atoms with Crippen molar-refractivity contribution >= 4 is 0 Å². The van der Waals surface area contributed by atoms with Gasteiger partial charge in [0.1, 0.15) is 18.0 Å². The van der Waals surface area contributed by atoms with Crippen LogP contribution in [0.25, 0.3) is 0 Å². The van der Waals surface area contributed by atoms with Crippen molar-refractivity contribution in [3.05, 3.63) is 71.0 Å². The van der Waals surface area contributed by atoms with E-state index in [0.717, 1.165) is 61.0 Å². The SMILES string of the molecule is COc1cc(CN2CCC(O)(COc3ccc(C)cc3C)CC2)ccc1OCCCn1cc(C)cn1. The van der Waals surface area contributed by atoms with Crippen LogP contribution in [0.3, 0.4) is 0 Å². The summed E-state index contributed by atoms with van der Waals surface area (Å²) in [7, 11) is 1.68. The molecule has 0 saturated carbocycles. The summed E-state index contributed by atoms with van der Waals surface area (Å²) in [5.41, 5.74) is 3.85. The number of hydrogen-bond acceptors (Lipinski definition) is 6. The lowest BCUT2D eigenvalue weighted by molar-refractivity contribution is -0.0538. The first-order chi connectivity index (χ1) is 17.3. The van der Waals surface area contributed by atoms with Crippen LogP contribution in [0.2, 0.25) is 0 Å². The second-order valence-electron chi connectivity index (χ2n) is 10.0. The van der Waals surface area contributed by atoms with Crippen LogP contribution in [0, 0.1) is 20.8 Å². The van der Waals surface area contributed by atoms with Gasteiger partial charge in [-0.25, -0.2) is 0 Å². The molecule has 1 aromatic heterocycles. The third kappa shape index (κ3) is 7.02. The second-order valence-corrected chi connectivity index (χ2v) is 10.0. The molecule has 0 radical (unpaired) electrons. The molecule has 3 aromatic rings. The molecule has 2 aromatic carbocycles. The summed E-state index contributed by atoms with van der Waals surface area (Å²) in [5.74, 6) is 2.36. The Hall–Kier alpha value is -3.03. The van der Waals surface area contributed by atoms with Crippen molar-refractivity contribution in [2.45, 2.75) is 58.7 Å². The van der Waals surface area contributed by atoms with Crippen LogP contribution in [0.5, 0.6) is 17.2 Å². The molecular weight excluding hydrogens is 454 g/mol. The van der Waals surface area contributed by atoms with E-state index in [4.69, 9.17) is 14.2 Å². The molecule has 4 rings (SSSR count). The fourth-order valence-electron chi connectivity index (χ4n) is 4.63. The average molecular weight is 494 g/mol. The number of methoxy groups -OCH3 is 1. The molecule has 7 nitrogen and oxygen atoms in total. The largest absolute Gasteiger partial charge is 0.493 e. The second kappa shape index (κ2) is 11.8. The van der Waals surface area contributed by atoms with Crippen molar-refractivity contribution in [2.75, 3.05) is 33.4 Å². The molecule has 36 heavy (non-hydrogen) atoms. The Balaban J connectivity index is 1.23. The van der Waals surface area contributed by atoms with Gasteiger partial charge in [0.15, 0.2) is 11.5 Å². The molecule has 1 aliphatic rings. The summed E-state index contributed by atoms with van der Waals surface area (Å²) in [5, 5.41) is 15.4. The molecule has 1 fully saturated rings. The zero-order valence-electron chi connectivity index (χ0n) is 22.0. The fraction of sp³-hybridized carbons (Fsp3) is 0.483. The lowest BCUT2D eigenvalue weighted by Gasteiger charge is -2.38. The van der Waals surface area contributed by atoms with E-state index in [1.165, 1.54) is 11.1 Å². The van der Waals surface area contributed by atoms with Crippen LogP contribution in [0.15, 0.2) is 48.8 Å². The molecule has 0 unspecified atom stereocenters. The predicted octanol–water partition coefficient (Wildman–Crippen LogP) is 4.69. The van der Waals surface area contributed by atoms with E-state index >= 15 is 0 Å². The quantitative estimate of drug-likeness (QED) is 0.391. The minimum absolute atomic E-state index is 0.324. The number of aryl methyl sites for hydroxylation is 4. The van der Waals surface area contributed by atoms with Crippen molar-refractivity contribution in [1.29, 1.82) is 0 Å². The van der Waals surface area contributed by atoms with Gasteiger partial charge in [-0.05, 0) is 68.5 Å². The van der Waals surface area contributed by atoms with E-state index in [9.17, 15) is 5.11 Å². The molecule has 194 valence electrons. The summed E-state index contributed by atoms with van der Waals surface area (Å²) >= 11 is 0. The third-order valence-corrected chi connectivity index (χ3v) is 6.80. The van der Waals surface area contributed by atoms with Crippen molar-refractivity contribution in [2.24, 2.45) is 0 Å². The number of benzene rings is 2. The molecule has 2 heterocycles. The number of nitrogens with zero attached hydrogens (tertiary/aromatic N) is 3. The lowest BCUT2D eigenvalue weighted by atomic mass is 9.92. The first-order valence-corrected chi connectivity index (χ1v) is 12.8. The highest BCUT2D eigenvalue weighted by Crippen LogP contribution is 2.30. The molecule has 0 spiro atoms. The molecule has 1 aliphatic heterocycles. The van der Waals surface area contributed by atoms with Crippen LogP contribution in [-0.4, -0.2) is 58.8 Å². The monoisotopic (exact) mass is 493 g/mol. The van der Waals surface area contributed by atoms with Gasteiger partial charge in [0, 0.05) is 38.8 Å². The normalized spacial score (nSPS) is 15.6. The van der Waals surface area contributed by atoms with Gasteiger partial charge in [0.05, 0.1) is 19.9 Å². The first kappa shape index (κ1) is 26.0. The Morgan fingerprint density at radius 2 is 1.72 bits per heavy atom. The number of aromatic nitrogens is 2. The zero-order valence-corrected chi connectivity index (χ0v) is 22.0. The van der Waals surface area contributed by atoms with Crippen LogP contribution < -0.4 is 14.2 Å². The number of hydrogen-bond donors (Lipinski definition) is 1. The van der Waals surface area contributed by atoms with Crippen molar-refractivity contribution in [1.82, 2.24) is 14.7 Å². The minimum atomic E-state index is -0.794. The number of ether oxygens (including phenoxy) is 3. The van der Waals surface area contributed by atoms with Crippen LogP contribution in [0.4, 0.5) is 0 Å². The predicted molar refractivity (Wildman–Crippen MR) is 141 cm³/mol. The van der Waals surface area contributed by atoms with Crippen LogP contribution in [0.1, 0.15) is 41.5 Å². The lowest BCUT2D eigenvalue weighted by Crippen LogP contribution is -2.47. The Morgan fingerprint density at radius 1 is 0.944 bits per heavy atom. The molecule has 0 amide bonds. The van der Waals surface area contributed by atoms with Gasteiger partial charge in [-0.15, -0.1) is 0 Å². The van der Waals surface area contributed by atoms with Gasteiger partial charge in [0.2, 0.25) is 0 Å². The summed E-state index contributed by atoms with van der Waals surface area (Å²) in [4.78, 5) is 2.37. The maximum atomic E-state index is 11.1. The number of rotatable bonds is 11. The van der Waals surface area contributed by atoms with Crippen LogP contribution in [-0.2, 0) is 13.1 Å². The maximum Gasteiger partial charge on any atom is 0.161 e. The standard InChI is InChI=1S/C29H39N3O4/c1-22-6-8-26(24(3)16-22)36-21-29(33)10-13-31(14-11-29)20-25-7-9-27(28(17-25)34-4)35-15-5-12-32-19-23(2)18-30-32/h6-9,16-19,33H,5,10-15,20-21H2,1-4H3. The summed E-state index contributed by atoms with van der Waals surface area (Å²) in [6.45, 7) is 10.4. The van der Waals surface area contributed by atoms with Gasteiger partial charge in [-0.1, -0.05) is 23.8 Å². The van der Waals surface area contributed by atoms with Gasteiger partial charge >= 0.3 is 0 Å². The maximum absolute atomic E-state index is 11.1. The molecule has 0 atom stereocenters. The topological polar surface area (TPSA) is 69.0 Å². The van der Waals surface area contributed by atoms with Crippen molar-refractivity contribution < 1.29 is 19.3 Å². The molecule has 7 heteroatoms. The van der Waals surface area contributed by atoms with E-state index in [1.807, 2.05) is 49.1 Å². The molecule has 0 aliphatic carbocycles. The van der Waals surface area contributed by atoms with Gasteiger partial charge < -0.3 is 19.3 Å². The average Bonchev–Trinajstić information content (AvgIpc) is 3.28. The Kier molecular flexibility index (Phi) is 8.54. The number of likely N-dealkylation sites (tertiary alicyclic amines) is 1. The summed E-state index contributed by atoms with van der Waals surface area (Å²) in [6.07, 6.45) is 6.15. The van der Waals surface area contributed by atoms with Gasteiger partial charge in [-0.3, -0.25) is 9.58 Å². The van der Waals surface area contributed by atoms with E-state index in [0.29, 0.717) is 26.1 Å². The van der Waals surface area contributed by atoms with Gasteiger partial charge in [-0.2, -0.15) is 5.10 Å². The Morgan fingerprint density at radius 3 is 2.42 bits per heavy atom. The fourth-order valence-corrected chi connectivity index (χ4v) is 4.63. The minimum Gasteiger partial charge on any atom is -0.493 e. The van der Waals surface area contributed by atoms with Crippen molar-refractivity contribution in [3.8, 4) is 17.2 Å². The number of piperidine rings is 1. The summed E-state index contributed by atoms with van der Waals surface area (Å²) < 4.78 is 19.5. The smallest absolute Gasteiger partial charge is 0.161 e. The number of aliphatic hydroxyl groups is 1. The highest BCUT2D eigenvalue weighted by molar-refractivity contribution is 5.43. The Labute approximate surface area is 214 Å². The van der Waals surface area contributed by atoms with E-state index in [2.05, 4.69) is 35.1 Å². The molecule has 0 bridgehead atoms. The van der Waals surface area contributed by atoms with Crippen molar-refractivity contribution in [3.63, 3.8) is 0 Å². The highest BCUT2D eigenvalue weighted by Gasteiger charge is 2.33. The highest BCUT2D eigenvalue weighted by atomic mass is 16.5. The van der Waals surface area contributed by atoms with Crippen LogP contribution >= 0.6 is 0 Å².